The number of hydrogen-bond donors (Lipinski definition) is 2. The van der Waals surface area contributed by atoms with Crippen molar-refractivity contribution in [3.8, 4) is 0 Å². The highest BCUT2D eigenvalue weighted by atomic mass is 32.2. The normalized spacial score (nSPS) is 10.2. The molecule has 0 aromatic carbocycles. The average Bonchev–Trinajstić information content (AvgIpc) is 2.73. The van der Waals surface area contributed by atoms with Gasteiger partial charge in [0.05, 0.1) is 17.4 Å². The van der Waals surface area contributed by atoms with E-state index in [1.807, 2.05) is 0 Å². The van der Waals surface area contributed by atoms with Crippen LogP contribution in [0.3, 0.4) is 0 Å². The Kier molecular flexibility index (Phi) is 2.78. The minimum Gasteiger partial charge on any atom is -0.478 e. The molecule has 16 heavy (non-hydrogen) atoms. The minimum atomic E-state index is -1.09. The molecule has 0 amide bonds. The molecule has 0 aliphatic rings. The number of nitrogens with zero attached hydrogens (tertiary/aromatic N) is 2. The van der Waals surface area contributed by atoms with Crippen molar-refractivity contribution in [2.75, 3.05) is 5.73 Å². The summed E-state index contributed by atoms with van der Waals surface area (Å²) in [4.78, 5) is 18.7. The summed E-state index contributed by atoms with van der Waals surface area (Å²) in [5.41, 5.74) is 5.79. The van der Waals surface area contributed by atoms with E-state index in [2.05, 4.69) is 9.97 Å². The molecule has 82 valence electrons. The van der Waals surface area contributed by atoms with Crippen molar-refractivity contribution in [1.29, 1.82) is 0 Å². The third kappa shape index (κ3) is 1.98. The Hall–Kier alpha value is -2.02. The highest BCUT2D eigenvalue weighted by Crippen LogP contribution is 2.30. The Morgan fingerprint density at radius 2 is 2.25 bits per heavy atom. The fourth-order valence-corrected chi connectivity index (χ4v) is 1.78. The maximum atomic E-state index is 10.8. The predicted molar refractivity (Wildman–Crippen MR) is 56.2 cm³/mol. The smallest absolute Gasteiger partial charge is 0.337 e. The van der Waals surface area contributed by atoms with Gasteiger partial charge >= 0.3 is 5.97 Å². The molecule has 2 aromatic heterocycles. The molecule has 2 heterocycles. The molecule has 0 aliphatic heterocycles. The summed E-state index contributed by atoms with van der Waals surface area (Å²) in [6.45, 7) is 0. The van der Waals surface area contributed by atoms with Crippen molar-refractivity contribution in [3.63, 3.8) is 0 Å². The van der Waals surface area contributed by atoms with Crippen LogP contribution >= 0.6 is 11.8 Å². The number of nitrogen functional groups attached to an aromatic ring is 1. The third-order valence-electron chi connectivity index (χ3n) is 1.78. The highest BCUT2D eigenvalue weighted by molar-refractivity contribution is 7.99. The molecule has 7 heteroatoms. The molecular weight excluding hydrogens is 230 g/mol. The summed E-state index contributed by atoms with van der Waals surface area (Å²) >= 11 is 1.08. The van der Waals surface area contributed by atoms with Crippen LogP contribution in [-0.2, 0) is 0 Å². The topological polar surface area (TPSA) is 102 Å². The van der Waals surface area contributed by atoms with Crippen LogP contribution in [-0.4, -0.2) is 21.0 Å². The Morgan fingerprint density at radius 3 is 2.88 bits per heavy atom. The zero-order valence-electron chi connectivity index (χ0n) is 7.95. The van der Waals surface area contributed by atoms with Crippen LogP contribution in [0.5, 0.6) is 0 Å². The lowest BCUT2D eigenvalue weighted by Gasteiger charge is -2.04. The molecule has 0 atom stereocenters. The van der Waals surface area contributed by atoms with Gasteiger partial charge in [0.15, 0.2) is 0 Å². The molecule has 0 aliphatic carbocycles. The van der Waals surface area contributed by atoms with Gasteiger partial charge in [0.25, 0.3) is 5.22 Å². The number of oxazole rings is 1. The van der Waals surface area contributed by atoms with Crippen LogP contribution in [0.25, 0.3) is 0 Å². The van der Waals surface area contributed by atoms with Crippen molar-refractivity contribution in [1.82, 2.24) is 9.97 Å². The second-order valence-electron chi connectivity index (χ2n) is 2.78. The van der Waals surface area contributed by atoms with Crippen LogP contribution in [0, 0.1) is 0 Å². The fourth-order valence-electron chi connectivity index (χ4n) is 1.07. The van der Waals surface area contributed by atoms with E-state index < -0.39 is 5.97 Å². The molecule has 0 saturated carbocycles. The van der Waals surface area contributed by atoms with Gasteiger partial charge in [-0.15, -0.1) is 0 Å². The van der Waals surface area contributed by atoms with Crippen molar-refractivity contribution >= 4 is 23.4 Å². The minimum absolute atomic E-state index is 0.0176. The van der Waals surface area contributed by atoms with Crippen LogP contribution in [0.15, 0.2) is 39.4 Å². The first kappa shape index (κ1) is 10.5. The number of rotatable bonds is 3. The van der Waals surface area contributed by atoms with Crippen LogP contribution in [0.2, 0.25) is 0 Å². The second kappa shape index (κ2) is 4.23. The Labute approximate surface area is 94.5 Å². The first-order chi connectivity index (χ1) is 7.68. The van der Waals surface area contributed by atoms with E-state index in [0.717, 1.165) is 11.8 Å². The molecule has 6 nitrogen and oxygen atoms in total. The van der Waals surface area contributed by atoms with Gasteiger partial charge in [0.2, 0.25) is 0 Å². The number of nitrogens with two attached hydrogens (primary N) is 1. The van der Waals surface area contributed by atoms with Crippen molar-refractivity contribution in [3.05, 3.63) is 30.3 Å². The summed E-state index contributed by atoms with van der Waals surface area (Å²) in [6.07, 6.45) is 4.28. The monoisotopic (exact) mass is 237 g/mol. The van der Waals surface area contributed by atoms with Gasteiger partial charge in [-0.1, -0.05) is 0 Å². The lowest BCUT2D eigenvalue weighted by Crippen LogP contribution is -2.04. The van der Waals surface area contributed by atoms with Gasteiger partial charge < -0.3 is 15.3 Å². The first-order valence-electron chi connectivity index (χ1n) is 4.23. The molecule has 2 aromatic rings. The largest absolute Gasteiger partial charge is 0.478 e. The molecule has 0 bridgehead atoms. The summed E-state index contributed by atoms with van der Waals surface area (Å²) in [5.74, 6) is -1.09. The average molecular weight is 237 g/mol. The van der Waals surface area contributed by atoms with Gasteiger partial charge in [-0.25, -0.2) is 14.8 Å². The van der Waals surface area contributed by atoms with Gasteiger partial charge in [-0.3, -0.25) is 0 Å². The van der Waals surface area contributed by atoms with Gasteiger partial charge in [-0.05, 0) is 17.8 Å². The van der Waals surface area contributed by atoms with Gasteiger partial charge in [0.1, 0.15) is 11.3 Å². The van der Waals surface area contributed by atoms with Gasteiger partial charge in [0, 0.05) is 6.20 Å². The molecular formula is C9H7N3O3S. The van der Waals surface area contributed by atoms with Gasteiger partial charge in [-0.2, -0.15) is 0 Å². The van der Waals surface area contributed by atoms with E-state index >= 15 is 0 Å². The highest BCUT2D eigenvalue weighted by Gasteiger charge is 2.14. The van der Waals surface area contributed by atoms with Crippen LogP contribution < -0.4 is 5.73 Å². The van der Waals surface area contributed by atoms with E-state index in [0.29, 0.717) is 10.2 Å². The van der Waals surface area contributed by atoms with Crippen LogP contribution in [0.4, 0.5) is 5.69 Å². The van der Waals surface area contributed by atoms with E-state index in [1.165, 1.54) is 24.7 Å². The maximum Gasteiger partial charge on any atom is 0.337 e. The quantitative estimate of drug-likeness (QED) is 0.833. The summed E-state index contributed by atoms with van der Waals surface area (Å²) in [5, 5.41) is 9.59. The summed E-state index contributed by atoms with van der Waals surface area (Å²) < 4.78 is 5.00. The number of aromatic nitrogens is 2. The van der Waals surface area contributed by atoms with E-state index in [-0.39, 0.29) is 11.3 Å². The van der Waals surface area contributed by atoms with Crippen LogP contribution in [0.1, 0.15) is 10.4 Å². The Morgan fingerprint density at radius 1 is 1.44 bits per heavy atom. The Balaban J connectivity index is 2.35. The number of carbonyl (C=O) groups is 1. The fraction of sp³-hybridized carbons (Fsp3) is 0. The molecule has 0 fully saturated rings. The maximum absolute atomic E-state index is 10.8. The second-order valence-corrected chi connectivity index (χ2v) is 3.72. The SMILES string of the molecule is Nc1c(C(=O)O)ccnc1Sc1ncco1. The van der Waals surface area contributed by atoms with Crippen molar-refractivity contribution < 1.29 is 14.3 Å². The number of carboxylic acid groups (broad SMARTS) is 1. The van der Waals surface area contributed by atoms with E-state index in [4.69, 9.17) is 15.3 Å². The van der Waals surface area contributed by atoms with Crippen molar-refractivity contribution in [2.24, 2.45) is 0 Å². The third-order valence-corrected chi connectivity index (χ3v) is 2.67. The standard InChI is InChI=1S/C9H7N3O3S/c10-6-5(8(13)14)1-2-11-7(6)16-9-12-3-4-15-9/h1-4H,10H2,(H,13,14). The Bertz CT molecular complexity index is 513. The number of hydrogen-bond acceptors (Lipinski definition) is 6. The van der Waals surface area contributed by atoms with Crippen molar-refractivity contribution in [2.45, 2.75) is 10.2 Å². The molecule has 0 saturated heterocycles. The zero-order chi connectivity index (χ0) is 11.5. The number of anilines is 1. The van der Waals surface area contributed by atoms with E-state index in [1.54, 1.807) is 0 Å². The first-order valence-corrected chi connectivity index (χ1v) is 5.05. The summed E-state index contributed by atoms with van der Waals surface area (Å²) in [7, 11) is 0. The number of pyridine rings is 1. The molecule has 2 rings (SSSR count). The zero-order valence-corrected chi connectivity index (χ0v) is 8.77. The molecule has 0 spiro atoms. The number of carboxylic acids is 1. The molecule has 0 unspecified atom stereocenters. The molecule has 3 N–H and O–H groups in total. The lowest BCUT2D eigenvalue weighted by molar-refractivity contribution is 0.0697. The molecule has 0 radical (unpaired) electrons. The number of aromatic carboxylic acids is 1. The van der Waals surface area contributed by atoms with E-state index in [9.17, 15) is 4.79 Å². The lowest BCUT2D eigenvalue weighted by atomic mass is 10.2. The summed E-state index contributed by atoms with van der Waals surface area (Å²) in [6, 6.07) is 1.34. The predicted octanol–water partition coefficient (Wildman–Crippen LogP) is 1.50.